The summed E-state index contributed by atoms with van der Waals surface area (Å²) in [6.45, 7) is 6.11. The minimum atomic E-state index is 0.179. The second-order valence-electron chi connectivity index (χ2n) is 5.98. The molecule has 0 aromatic rings. The Labute approximate surface area is 117 Å². The fourth-order valence-corrected chi connectivity index (χ4v) is 3.21. The molecule has 110 valence electrons. The number of likely N-dealkylation sites (tertiary alicyclic amines) is 1. The molecular formula is C15H28N2O2. The Balaban J connectivity index is 1.59. The molecule has 1 saturated heterocycles. The molecule has 2 fully saturated rings. The maximum Gasteiger partial charge on any atom is 0.219 e. The van der Waals surface area contributed by atoms with E-state index < -0.39 is 0 Å². The van der Waals surface area contributed by atoms with E-state index in [9.17, 15) is 4.79 Å². The third-order valence-electron chi connectivity index (χ3n) is 4.65. The van der Waals surface area contributed by atoms with Gasteiger partial charge in [0.2, 0.25) is 5.91 Å². The summed E-state index contributed by atoms with van der Waals surface area (Å²) in [7, 11) is 1.92. The molecule has 0 N–H and O–H groups in total. The van der Waals surface area contributed by atoms with Crippen LogP contribution in [-0.4, -0.2) is 61.1 Å². The van der Waals surface area contributed by atoms with Crippen LogP contribution in [0, 0.1) is 0 Å². The summed E-state index contributed by atoms with van der Waals surface area (Å²) in [4.78, 5) is 15.7. The highest BCUT2D eigenvalue weighted by Gasteiger charge is 2.25. The molecule has 1 aliphatic heterocycles. The Hall–Kier alpha value is -0.610. The van der Waals surface area contributed by atoms with Gasteiger partial charge in [0.05, 0.1) is 12.7 Å². The van der Waals surface area contributed by atoms with Crippen LogP contribution in [0.4, 0.5) is 0 Å². The topological polar surface area (TPSA) is 32.8 Å². The van der Waals surface area contributed by atoms with Gasteiger partial charge in [-0.1, -0.05) is 0 Å². The number of ether oxygens (including phenoxy) is 1. The molecule has 2 rings (SSSR count). The first-order chi connectivity index (χ1) is 9.16. The second kappa shape index (κ2) is 7.25. The standard InChI is InChI=1S/C15H28N2O2/c1-13(18)16(2)14-5-7-15(8-6-14)19-12-11-17-9-3-4-10-17/h14-15H,3-12H2,1-2H3. The lowest BCUT2D eigenvalue weighted by molar-refractivity contribution is -0.130. The van der Waals surface area contributed by atoms with Crippen molar-refractivity contribution in [2.75, 3.05) is 33.3 Å². The molecule has 4 heteroatoms. The predicted octanol–water partition coefficient (Wildman–Crippen LogP) is 1.89. The molecule has 0 aromatic heterocycles. The summed E-state index contributed by atoms with van der Waals surface area (Å²) in [5, 5.41) is 0. The van der Waals surface area contributed by atoms with E-state index in [-0.39, 0.29) is 5.91 Å². The zero-order valence-electron chi connectivity index (χ0n) is 12.4. The molecule has 0 aromatic carbocycles. The van der Waals surface area contributed by atoms with Crippen molar-refractivity contribution in [1.29, 1.82) is 0 Å². The number of hydrogen-bond donors (Lipinski definition) is 0. The van der Waals surface area contributed by atoms with E-state index in [1.54, 1.807) is 6.92 Å². The van der Waals surface area contributed by atoms with Gasteiger partial charge < -0.3 is 14.5 Å². The van der Waals surface area contributed by atoms with Crippen molar-refractivity contribution in [3.05, 3.63) is 0 Å². The van der Waals surface area contributed by atoms with Crippen molar-refractivity contribution < 1.29 is 9.53 Å². The average Bonchev–Trinajstić information content (AvgIpc) is 2.92. The normalized spacial score (nSPS) is 28.5. The van der Waals surface area contributed by atoms with Crippen LogP contribution in [0.25, 0.3) is 0 Å². The first kappa shape index (κ1) is 14.8. The molecule has 0 atom stereocenters. The van der Waals surface area contributed by atoms with Gasteiger partial charge in [-0.05, 0) is 51.6 Å². The SMILES string of the molecule is CC(=O)N(C)C1CCC(OCCN2CCCC2)CC1. The van der Waals surface area contributed by atoms with E-state index in [1.165, 1.54) is 25.9 Å². The van der Waals surface area contributed by atoms with Gasteiger partial charge in [0.1, 0.15) is 0 Å². The number of amides is 1. The molecule has 19 heavy (non-hydrogen) atoms. The molecule has 1 amide bonds. The zero-order chi connectivity index (χ0) is 13.7. The van der Waals surface area contributed by atoms with E-state index in [4.69, 9.17) is 4.74 Å². The van der Waals surface area contributed by atoms with Crippen LogP contribution in [-0.2, 0) is 9.53 Å². The highest BCUT2D eigenvalue weighted by atomic mass is 16.5. The maximum atomic E-state index is 11.3. The van der Waals surface area contributed by atoms with Crippen molar-refractivity contribution in [3.63, 3.8) is 0 Å². The molecule has 4 nitrogen and oxygen atoms in total. The third-order valence-corrected chi connectivity index (χ3v) is 4.65. The lowest BCUT2D eigenvalue weighted by Crippen LogP contribution is -2.39. The smallest absolute Gasteiger partial charge is 0.219 e. The van der Waals surface area contributed by atoms with E-state index in [0.29, 0.717) is 12.1 Å². The molecule has 0 radical (unpaired) electrons. The number of carbonyl (C=O) groups is 1. The van der Waals surface area contributed by atoms with Gasteiger partial charge in [-0.2, -0.15) is 0 Å². The van der Waals surface area contributed by atoms with Gasteiger partial charge in [-0.3, -0.25) is 4.79 Å². The number of carbonyl (C=O) groups excluding carboxylic acids is 1. The van der Waals surface area contributed by atoms with E-state index >= 15 is 0 Å². The molecule has 1 saturated carbocycles. The summed E-state index contributed by atoms with van der Waals surface area (Å²) >= 11 is 0. The summed E-state index contributed by atoms with van der Waals surface area (Å²) in [6.07, 6.45) is 7.49. The van der Waals surface area contributed by atoms with Gasteiger partial charge >= 0.3 is 0 Å². The fourth-order valence-electron chi connectivity index (χ4n) is 3.21. The van der Waals surface area contributed by atoms with Gasteiger partial charge in [0.25, 0.3) is 0 Å². The van der Waals surface area contributed by atoms with E-state index in [1.807, 2.05) is 11.9 Å². The molecule has 0 unspecified atom stereocenters. The summed E-state index contributed by atoms with van der Waals surface area (Å²) in [5.41, 5.74) is 0. The lowest BCUT2D eigenvalue weighted by atomic mass is 9.92. The Morgan fingerprint density at radius 1 is 1.21 bits per heavy atom. The van der Waals surface area contributed by atoms with Crippen LogP contribution < -0.4 is 0 Å². The quantitative estimate of drug-likeness (QED) is 0.763. The monoisotopic (exact) mass is 268 g/mol. The van der Waals surface area contributed by atoms with E-state index in [2.05, 4.69) is 4.90 Å². The zero-order valence-corrected chi connectivity index (χ0v) is 12.4. The van der Waals surface area contributed by atoms with Crippen molar-refractivity contribution in [3.8, 4) is 0 Å². The van der Waals surface area contributed by atoms with Gasteiger partial charge in [-0.15, -0.1) is 0 Å². The van der Waals surface area contributed by atoms with Crippen molar-refractivity contribution >= 4 is 5.91 Å². The van der Waals surface area contributed by atoms with Gasteiger partial charge in [-0.25, -0.2) is 0 Å². The van der Waals surface area contributed by atoms with E-state index in [0.717, 1.165) is 38.8 Å². The lowest BCUT2D eigenvalue weighted by Gasteiger charge is -2.34. The highest BCUT2D eigenvalue weighted by Crippen LogP contribution is 2.24. The maximum absolute atomic E-state index is 11.3. The Bertz CT molecular complexity index is 282. The van der Waals surface area contributed by atoms with Crippen molar-refractivity contribution in [1.82, 2.24) is 9.80 Å². The number of rotatable bonds is 5. The Morgan fingerprint density at radius 2 is 1.84 bits per heavy atom. The molecular weight excluding hydrogens is 240 g/mol. The number of nitrogens with zero attached hydrogens (tertiary/aromatic N) is 2. The first-order valence-corrected chi connectivity index (χ1v) is 7.74. The van der Waals surface area contributed by atoms with Gasteiger partial charge in [0.15, 0.2) is 0 Å². The first-order valence-electron chi connectivity index (χ1n) is 7.74. The summed E-state index contributed by atoms with van der Waals surface area (Å²) in [5.74, 6) is 0.179. The summed E-state index contributed by atoms with van der Waals surface area (Å²) in [6, 6.07) is 0.427. The second-order valence-corrected chi connectivity index (χ2v) is 5.98. The predicted molar refractivity (Wildman–Crippen MR) is 76.1 cm³/mol. The Morgan fingerprint density at radius 3 is 2.42 bits per heavy atom. The largest absolute Gasteiger partial charge is 0.377 e. The molecule has 1 aliphatic carbocycles. The van der Waals surface area contributed by atoms with Crippen LogP contribution in [0.2, 0.25) is 0 Å². The highest BCUT2D eigenvalue weighted by molar-refractivity contribution is 5.73. The van der Waals surface area contributed by atoms with Crippen LogP contribution in [0.15, 0.2) is 0 Å². The average molecular weight is 268 g/mol. The fraction of sp³-hybridized carbons (Fsp3) is 0.933. The molecule has 0 bridgehead atoms. The molecule has 2 aliphatic rings. The van der Waals surface area contributed by atoms with Gasteiger partial charge in [0, 0.05) is 26.6 Å². The van der Waals surface area contributed by atoms with Crippen LogP contribution >= 0.6 is 0 Å². The molecule has 0 spiro atoms. The third kappa shape index (κ3) is 4.46. The van der Waals surface area contributed by atoms with Crippen LogP contribution in [0.5, 0.6) is 0 Å². The number of hydrogen-bond acceptors (Lipinski definition) is 3. The van der Waals surface area contributed by atoms with Crippen molar-refractivity contribution in [2.24, 2.45) is 0 Å². The summed E-state index contributed by atoms with van der Waals surface area (Å²) < 4.78 is 5.99. The molecule has 1 heterocycles. The van der Waals surface area contributed by atoms with Crippen LogP contribution in [0.3, 0.4) is 0 Å². The minimum absolute atomic E-state index is 0.179. The van der Waals surface area contributed by atoms with Crippen molar-refractivity contribution in [2.45, 2.75) is 57.6 Å². The Kier molecular flexibility index (Phi) is 5.64. The minimum Gasteiger partial charge on any atom is -0.377 e. The van der Waals surface area contributed by atoms with Crippen LogP contribution in [0.1, 0.15) is 45.4 Å².